The van der Waals surface area contributed by atoms with Crippen molar-refractivity contribution in [1.82, 2.24) is 19.7 Å². The molecule has 0 spiro atoms. The van der Waals surface area contributed by atoms with Crippen molar-refractivity contribution >= 4 is 17.2 Å². The van der Waals surface area contributed by atoms with Crippen LogP contribution < -0.4 is 0 Å². The summed E-state index contributed by atoms with van der Waals surface area (Å²) in [6, 6.07) is 2.09. The van der Waals surface area contributed by atoms with Crippen LogP contribution in [-0.2, 0) is 0 Å². The highest BCUT2D eigenvalue weighted by Gasteiger charge is 2.28. The number of piperidine rings is 1. The molecule has 1 aliphatic rings. The second kappa shape index (κ2) is 6.20. The van der Waals surface area contributed by atoms with Crippen molar-refractivity contribution in [2.45, 2.75) is 45.6 Å². The molecule has 0 aliphatic carbocycles. The summed E-state index contributed by atoms with van der Waals surface area (Å²) in [7, 11) is 0. The highest BCUT2D eigenvalue weighted by molar-refractivity contribution is 7.09. The molecule has 1 atom stereocenters. The van der Waals surface area contributed by atoms with E-state index in [1.54, 1.807) is 11.3 Å². The maximum absolute atomic E-state index is 12.7. The van der Waals surface area contributed by atoms with Crippen LogP contribution in [0.15, 0.2) is 17.6 Å². The lowest BCUT2D eigenvalue weighted by Crippen LogP contribution is -2.39. The van der Waals surface area contributed by atoms with Gasteiger partial charge in [0, 0.05) is 42.3 Å². The monoisotopic (exact) mass is 318 g/mol. The van der Waals surface area contributed by atoms with Gasteiger partial charge in [0.1, 0.15) is 5.69 Å². The molecule has 0 N–H and O–H groups in total. The van der Waals surface area contributed by atoms with E-state index in [1.807, 2.05) is 28.8 Å². The predicted molar refractivity (Wildman–Crippen MR) is 87.3 cm³/mol. The number of likely N-dealkylation sites (tertiary alicyclic amines) is 1. The first kappa shape index (κ1) is 15.2. The standard InChI is InChI=1S/C16H22N4OS/c1-11(2)20-8-6-14(18-20)16(21)19-7-4-5-13(9-19)15-17-12(3)10-22-15/h6,8,10-11,13H,4-5,7,9H2,1-3H3. The van der Waals surface area contributed by atoms with E-state index >= 15 is 0 Å². The molecule has 22 heavy (non-hydrogen) atoms. The first-order chi connectivity index (χ1) is 10.5. The largest absolute Gasteiger partial charge is 0.337 e. The van der Waals surface area contributed by atoms with Crippen LogP contribution in [0.3, 0.4) is 0 Å². The van der Waals surface area contributed by atoms with Gasteiger partial charge in [-0.25, -0.2) is 4.98 Å². The van der Waals surface area contributed by atoms with Crippen LogP contribution in [-0.4, -0.2) is 38.7 Å². The molecule has 0 saturated carbocycles. The smallest absolute Gasteiger partial charge is 0.274 e. The van der Waals surface area contributed by atoms with E-state index in [-0.39, 0.29) is 11.9 Å². The van der Waals surface area contributed by atoms with Gasteiger partial charge in [-0.2, -0.15) is 5.10 Å². The Morgan fingerprint density at radius 3 is 2.91 bits per heavy atom. The van der Waals surface area contributed by atoms with E-state index < -0.39 is 0 Å². The number of carbonyl (C=O) groups is 1. The lowest BCUT2D eigenvalue weighted by Gasteiger charge is -2.31. The Bertz CT molecular complexity index is 661. The van der Waals surface area contributed by atoms with E-state index in [4.69, 9.17) is 0 Å². The molecule has 1 amide bonds. The third-order valence-corrected chi connectivity index (χ3v) is 5.18. The zero-order chi connectivity index (χ0) is 15.7. The van der Waals surface area contributed by atoms with Crippen LogP contribution >= 0.6 is 11.3 Å². The van der Waals surface area contributed by atoms with E-state index in [2.05, 4.69) is 29.3 Å². The van der Waals surface area contributed by atoms with Gasteiger partial charge in [0.05, 0.1) is 5.01 Å². The third kappa shape index (κ3) is 3.06. The lowest BCUT2D eigenvalue weighted by molar-refractivity contribution is 0.0700. The van der Waals surface area contributed by atoms with Crippen LogP contribution in [0.2, 0.25) is 0 Å². The van der Waals surface area contributed by atoms with Crippen molar-refractivity contribution in [3.63, 3.8) is 0 Å². The third-order valence-electron chi connectivity index (χ3n) is 4.05. The van der Waals surface area contributed by atoms with Crippen LogP contribution in [0, 0.1) is 6.92 Å². The molecule has 1 aliphatic heterocycles. The van der Waals surface area contributed by atoms with E-state index in [0.717, 1.165) is 36.6 Å². The molecule has 2 aromatic heterocycles. The first-order valence-corrected chi connectivity index (χ1v) is 8.69. The highest BCUT2D eigenvalue weighted by atomic mass is 32.1. The normalized spacial score (nSPS) is 18.9. The highest BCUT2D eigenvalue weighted by Crippen LogP contribution is 2.29. The van der Waals surface area contributed by atoms with Gasteiger partial charge in [-0.15, -0.1) is 11.3 Å². The van der Waals surface area contributed by atoms with Crippen molar-refractivity contribution in [1.29, 1.82) is 0 Å². The number of amides is 1. The minimum atomic E-state index is 0.0392. The van der Waals surface area contributed by atoms with Crippen LogP contribution in [0.25, 0.3) is 0 Å². The number of hydrogen-bond acceptors (Lipinski definition) is 4. The van der Waals surface area contributed by atoms with Crippen LogP contribution in [0.5, 0.6) is 0 Å². The van der Waals surface area contributed by atoms with Gasteiger partial charge in [-0.3, -0.25) is 9.48 Å². The number of nitrogens with zero attached hydrogens (tertiary/aromatic N) is 4. The molecular formula is C16H22N4OS. The number of hydrogen-bond donors (Lipinski definition) is 0. The molecule has 118 valence electrons. The van der Waals surface area contributed by atoms with E-state index in [9.17, 15) is 4.79 Å². The fraction of sp³-hybridized carbons (Fsp3) is 0.562. The Morgan fingerprint density at radius 1 is 1.45 bits per heavy atom. The van der Waals surface area contributed by atoms with E-state index in [1.165, 1.54) is 0 Å². The summed E-state index contributed by atoms with van der Waals surface area (Å²) in [5.41, 5.74) is 1.61. The molecule has 3 rings (SSSR count). The van der Waals surface area contributed by atoms with Crippen LogP contribution in [0.4, 0.5) is 0 Å². The van der Waals surface area contributed by atoms with Gasteiger partial charge >= 0.3 is 0 Å². The molecule has 1 fully saturated rings. The Balaban J connectivity index is 1.72. The summed E-state index contributed by atoms with van der Waals surface area (Å²) < 4.78 is 1.83. The zero-order valence-electron chi connectivity index (χ0n) is 13.3. The van der Waals surface area contributed by atoms with Crippen molar-refractivity contribution < 1.29 is 4.79 Å². The molecule has 1 saturated heterocycles. The van der Waals surface area contributed by atoms with Gasteiger partial charge < -0.3 is 4.90 Å². The Kier molecular flexibility index (Phi) is 4.29. The predicted octanol–water partition coefficient (Wildman–Crippen LogP) is 3.25. The topological polar surface area (TPSA) is 51.0 Å². The van der Waals surface area contributed by atoms with Crippen molar-refractivity contribution in [3.8, 4) is 0 Å². The Morgan fingerprint density at radius 2 is 2.27 bits per heavy atom. The number of aromatic nitrogens is 3. The maximum atomic E-state index is 12.7. The molecule has 0 bridgehead atoms. The Labute approximate surface area is 135 Å². The summed E-state index contributed by atoms with van der Waals surface area (Å²) in [5, 5.41) is 7.64. The van der Waals surface area contributed by atoms with Gasteiger partial charge in [-0.05, 0) is 39.7 Å². The molecule has 0 radical (unpaired) electrons. The first-order valence-electron chi connectivity index (χ1n) is 7.81. The SMILES string of the molecule is Cc1csc(C2CCCN(C(=O)c3ccn(C(C)C)n3)C2)n1. The minimum absolute atomic E-state index is 0.0392. The fourth-order valence-corrected chi connectivity index (χ4v) is 3.75. The molecule has 5 nitrogen and oxygen atoms in total. The molecule has 0 aromatic carbocycles. The second-order valence-electron chi connectivity index (χ2n) is 6.19. The van der Waals surface area contributed by atoms with Crippen molar-refractivity contribution in [2.24, 2.45) is 0 Å². The average Bonchev–Trinajstić information content (AvgIpc) is 3.15. The fourth-order valence-electron chi connectivity index (χ4n) is 2.82. The maximum Gasteiger partial charge on any atom is 0.274 e. The summed E-state index contributed by atoms with van der Waals surface area (Å²) in [6.45, 7) is 7.70. The number of aryl methyl sites for hydroxylation is 1. The molecule has 3 heterocycles. The summed E-state index contributed by atoms with van der Waals surface area (Å²) in [4.78, 5) is 19.2. The van der Waals surface area contributed by atoms with Gasteiger partial charge in [-0.1, -0.05) is 0 Å². The van der Waals surface area contributed by atoms with Gasteiger partial charge in [0.2, 0.25) is 0 Å². The molecule has 1 unspecified atom stereocenters. The summed E-state index contributed by atoms with van der Waals surface area (Å²) in [6.07, 6.45) is 4.01. The number of carbonyl (C=O) groups excluding carboxylic acids is 1. The molecular weight excluding hydrogens is 296 g/mol. The number of rotatable bonds is 3. The van der Waals surface area contributed by atoms with Crippen molar-refractivity contribution in [3.05, 3.63) is 34.0 Å². The quantitative estimate of drug-likeness (QED) is 0.873. The zero-order valence-corrected chi connectivity index (χ0v) is 14.1. The van der Waals surface area contributed by atoms with Crippen LogP contribution in [0.1, 0.15) is 59.8 Å². The van der Waals surface area contributed by atoms with E-state index in [0.29, 0.717) is 11.6 Å². The Hall–Kier alpha value is -1.69. The minimum Gasteiger partial charge on any atom is -0.337 e. The molecule has 2 aromatic rings. The second-order valence-corrected chi connectivity index (χ2v) is 7.08. The summed E-state index contributed by atoms with van der Waals surface area (Å²) in [5.74, 6) is 0.404. The van der Waals surface area contributed by atoms with Crippen molar-refractivity contribution in [2.75, 3.05) is 13.1 Å². The molecule has 6 heteroatoms. The summed E-state index contributed by atoms with van der Waals surface area (Å²) >= 11 is 1.70. The average molecular weight is 318 g/mol. The number of thiazole rings is 1. The van der Waals surface area contributed by atoms with Gasteiger partial charge in [0.25, 0.3) is 5.91 Å². The van der Waals surface area contributed by atoms with Gasteiger partial charge in [0.15, 0.2) is 0 Å². The lowest BCUT2D eigenvalue weighted by atomic mass is 9.98.